The lowest BCUT2D eigenvalue weighted by Gasteiger charge is -2.16. The summed E-state index contributed by atoms with van der Waals surface area (Å²) in [5.74, 6) is 0.378. The van der Waals surface area contributed by atoms with E-state index in [9.17, 15) is 8.42 Å². The van der Waals surface area contributed by atoms with E-state index in [0.29, 0.717) is 22.4 Å². The van der Waals surface area contributed by atoms with Gasteiger partial charge >= 0.3 is 0 Å². The summed E-state index contributed by atoms with van der Waals surface area (Å²) in [6.07, 6.45) is 0. The zero-order chi connectivity index (χ0) is 16.2. The van der Waals surface area contributed by atoms with Crippen molar-refractivity contribution in [1.29, 1.82) is 5.26 Å². The number of nitrogens with zero attached hydrogens (tertiary/aromatic N) is 1. The lowest BCUT2D eigenvalue weighted by Crippen LogP contribution is -2.14. The number of ether oxygens (including phenoxy) is 1. The molecular formula is C17H17NO3S. The summed E-state index contributed by atoms with van der Waals surface area (Å²) in [5, 5.41) is 8.38. The quantitative estimate of drug-likeness (QED) is 0.849. The van der Waals surface area contributed by atoms with E-state index in [-0.39, 0.29) is 5.75 Å². The van der Waals surface area contributed by atoms with Crippen LogP contribution in [0.4, 0.5) is 0 Å². The predicted octanol–water partition coefficient (Wildman–Crippen LogP) is 3.24. The number of benzene rings is 2. The van der Waals surface area contributed by atoms with E-state index >= 15 is 0 Å². The van der Waals surface area contributed by atoms with Crippen LogP contribution in [-0.2, 0) is 15.6 Å². The van der Waals surface area contributed by atoms with Gasteiger partial charge in [-0.15, -0.1) is 0 Å². The van der Waals surface area contributed by atoms with Crippen LogP contribution < -0.4 is 4.74 Å². The van der Waals surface area contributed by atoms with Gasteiger partial charge in [0.1, 0.15) is 5.75 Å². The molecule has 0 fully saturated rings. The molecule has 0 heterocycles. The highest BCUT2D eigenvalue weighted by Gasteiger charge is 2.26. The third-order valence-corrected chi connectivity index (χ3v) is 5.65. The van der Waals surface area contributed by atoms with Crippen LogP contribution in [0.1, 0.15) is 28.9 Å². The number of hydrogen-bond donors (Lipinski definition) is 0. The summed E-state index contributed by atoms with van der Waals surface area (Å²) >= 11 is 0. The standard InChI is InChI=1S/C17H17NO3S/c1-13(16-9-5-6-10-17(16)21-2)22(19,20)12-15-8-4-3-7-14(15)11-18/h3-10,13H,12H2,1-2H3/t13-/m0/s1. The van der Waals surface area contributed by atoms with Crippen LogP contribution in [0.25, 0.3) is 0 Å². The van der Waals surface area contributed by atoms with Crippen LogP contribution in [0.2, 0.25) is 0 Å². The van der Waals surface area contributed by atoms with Crippen molar-refractivity contribution in [3.05, 3.63) is 65.2 Å². The molecule has 2 aromatic rings. The Morgan fingerprint density at radius 1 is 1.14 bits per heavy atom. The van der Waals surface area contributed by atoms with E-state index in [0.717, 1.165) is 0 Å². The van der Waals surface area contributed by atoms with Crippen LogP contribution in [0.15, 0.2) is 48.5 Å². The molecule has 0 aliphatic carbocycles. The molecule has 0 amide bonds. The van der Waals surface area contributed by atoms with Gasteiger partial charge in [0, 0.05) is 5.56 Å². The summed E-state index contributed by atoms with van der Waals surface area (Å²) in [6, 6.07) is 15.9. The minimum Gasteiger partial charge on any atom is -0.496 e. The fourth-order valence-corrected chi connectivity index (χ4v) is 3.81. The predicted molar refractivity (Wildman–Crippen MR) is 85.2 cm³/mol. The molecule has 114 valence electrons. The molecule has 0 saturated heterocycles. The molecule has 0 aromatic heterocycles. The zero-order valence-electron chi connectivity index (χ0n) is 12.5. The smallest absolute Gasteiger partial charge is 0.161 e. The Kier molecular flexibility index (Phi) is 4.84. The number of methoxy groups -OCH3 is 1. The number of rotatable bonds is 5. The molecule has 0 bridgehead atoms. The number of hydrogen-bond acceptors (Lipinski definition) is 4. The first-order valence-electron chi connectivity index (χ1n) is 6.82. The summed E-state index contributed by atoms with van der Waals surface area (Å²) in [7, 11) is -1.95. The van der Waals surface area contributed by atoms with Gasteiger partial charge < -0.3 is 4.74 Å². The molecule has 0 unspecified atom stereocenters. The van der Waals surface area contributed by atoms with Gasteiger partial charge in [-0.1, -0.05) is 36.4 Å². The largest absolute Gasteiger partial charge is 0.496 e. The van der Waals surface area contributed by atoms with Gasteiger partial charge in [-0.25, -0.2) is 8.42 Å². The molecular weight excluding hydrogens is 298 g/mol. The maximum absolute atomic E-state index is 12.7. The fourth-order valence-electron chi connectivity index (χ4n) is 2.29. The third kappa shape index (κ3) is 3.29. The summed E-state index contributed by atoms with van der Waals surface area (Å²) < 4.78 is 30.6. The minimum atomic E-state index is -3.46. The lowest BCUT2D eigenvalue weighted by molar-refractivity contribution is 0.409. The highest BCUT2D eigenvalue weighted by molar-refractivity contribution is 7.90. The van der Waals surface area contributed by atoms with Crippen LogP contribution in [-0.4, -0.2) is 15.5 Å². The van der Waals surface area contributed by atoms with Gasteiger partial charge in [0.25, 0.3) is 0 Å². The van der Waals surface area contributed by atoms with Crippen LogP contribution in [0.3, 0.4) is 0 Å². The van der Waals surface area contributed by atoms with E-state index < -0.39 is 15.1 Å². The molecule has 22 heavy (non-hydrogen) atoms. The van der Waals surface area contributed by atoms with Crippen molar-refractivity contribution in [2.24, 2.45) is 0 Å². The number of nitriles is 1. The van der Waals surface area contributed by atoms with E-state index in [1.54, 1.807) is 55.5 Å². The Hall–Kier alpha value is -2.32. The number of para-hydroxylation sites is 1. The van der Waals surface area contributed by atoms with Gasteiger partial charge in [-0.2, -0.15) is 5.26 Å². The summed E-state index contributed by atoms with van der Waals surface area (Å²) in [4.78, 5) is 0. The lowest BCUT2D eigenvalue weighted by atomic mass is 10.1. The molecule has 2 aromatic carbocycles. The van der Waals surface area contributed by atoms with Crippen molar-refractivity contribution in [2.45, 2.75) is 17.9 Å². The van der Waals surface area contributed by atoms with Crippen molar-refractivity contribution in [3.8, 4) is 11.8 Å². The van der Waals surface area contributed by atoms with Crippen molar-refractivity contribution in [1.82, 2.24) is 0 Å². The fraction of sp³-hybridized carbons (Fsp3) is 0.235. The highest BCUT2D eigenvalue weighted by Crippen LogP contribution is 2.32. The van der Waals surface area contributed by atoms with Gasteiger partial charge in [0.05, 0.1) is 29.7 Å². The van der Waals surface area contributed by atoms with Crippen molar-refractivity contribution in [2.75, 3.05) is 7.11 Å². The van der Waals surface area contributed by atoms with Crippen LogP contribution in [0.5, 0.6) is 5.75 Å². The van der Waals surface area contributed by atoms with E-state index in [4.69, 9.17) is 10.00 Å². The van der Waals surface area contributed by atoms with Crippen molar-refractivity contribution in [3.63, 3.8) is 0 Å². The molecule has 0 saturated carbocycles. The number of sulfone groups is 1. The maximum Gasteiger partial charge on any atom is 0.161 e. The zero-order valence-corrected chi connectivity index (χ0v) is 13.3. The molecule has 0 N–H and O–H groups in total. The monoisotopic (exact) mass is 315 g/mol. The Labute approximate surface area is 130 Å². The first kappa shape index (κ1) is 16.1. The van der Waals surface area contributed by atoms with Crippen LogP contribution >= 0.6 is 0 Å². The molecule has 1 atom stereocenters. The Bertz CT molecular complexity index is 807. The second kappa shape index (κ2) is 6.63. The second-order valence-electron chi connectivity index (χ2n) is 4.96. The Morgan fingerprint density at radius 3 is 2.45 bits per heavy atom. The highest BCUT2D eigenvalue weighted by atomic mass is 32.2. The Morgan fingerprint density at radius 2 is 1.77 bits per heavy atom. The SMILES string of the molecule is COc1ccccc1[C@H](C)S(=O)(=O)Cc1ccccc1C#N. The van der Waals surface area contributed by atoms with E-state index in [1.165, 1.54) is 7.11 Å². The first-order chi connectivity index (χ1) is 10.5. The molecule has 2 rings (SSSR count). The average Bonchev–Trinajstić information content (AvgIpc) is 2.54. The molecule has 4 nitrogen and oxygen atoms in total. The molecule has 0 spiro atoms. The van der Waals surface area contributed by atoms with Crippen molar-refractivity contribution < 1.29 is 13.2 Å². The second-order valence-corrected chi connectivity index (χ2v) is 7.28. The molecule has 5 heteroatoms. The van der Waals surface area contributed by atoms with Gasteiger partial charge in [-0.05, 0) is 24.6 Å². The Balaban J connectivity index is 2.36. The summed E-state index contributed by atoms with van der Waals surface area (Å²) in [5.41, 5.74) is 1.53. The first-order valence-corrected chi connectivity index (χ1v) is 8.53. The normalized spacial score (nSPS) is 12.4. The van der Waals surface area contributed by atoms with E-state index in [1.807, 2.05) is 6.07 Å². The molecule has 0 aliphatic rings. The minimum absolute atomic E-state index is 0.171. The summed E-state index contributed by atoms with van der Waals surface area (Å²) in [6.45, 7) is 1.64. The van der Waals surface area contributed by atoms with Gasteiger partial charge in [0.2, 0.25) is 0 Å². The molecule has 0 aliphatic heterocycles. The van der Waals surface area contributed by atoms with E-state index in [2.05, 4.69) is 0 Å². The maximum atomic E-state index is 12.7. The average molecular weight is 315 g/mol. The van der Waals surface area contributed by atoms with Gasteiger partial charge in [0.15, 0.2) is 9.84 Å². The molecule has 0 radical (unpaired) electrons. The van der Waals surface area contributed by atoms with Crippen LogP contribution in [0, 0.1) is 11.3 Å². The van der Waals surface area contributed by atoms with Gasteiger partial charge in [-0.3, -0.25) is 0 Å². The third-order valence-electron chi connectivity index (χ3n) is 3.61. The topological polar surface area (TPSA) is 67.2 Å². The van der Waals surface area contributed by atoms with Crippen molar-refractivity contribution >= 4 is 9.84 Å².